The lowest BCUT2D eigenvalue weighted by atomic mass is 9.92. The predicted molar refractivity (Wildman–Crippen MR) is 99.0 cm³/mol. The molecule has 2 aromatic rings. The highest BCUT2D eigenvalue weighted by atomic mass is 32.2. The zero-order valence-corrected chi connectivity index (χ0v) is 14.5. The van der Waals surface area contributed by atoms with Gasteiger partial charge < -0.3 is 11.1 Å². The second-order valence-corrected chi connectivity index (χ2v) is 6.64. The van der Waals surface area contributed by atoms with Crippen LogP contribution in [-0.2, 0) is 5.54 Å². The summed E-state index contributed by atoms with van der Waals surface area (Å²) in [6.07, 6.45) is 3.06. The molecule has 3 rings (SSSR count). The zero-order valence-electron chi connectivity index (χ0n) is 13.7. The van der Waals surface area contributed by atoms with Crippen LogP contribution < -0.4 is 11.1 Å². The Kier molecular flexibility index (Phi) is 4.73. The minimum Gasteiger partial charge on any atom is -0.378 e. The number of rotatable bonds is 3. The standard InChI is InChI=1S/C18H14FN5OS/c1-18(6-7-26-17(21)24-18)13-8-12(3-4-14(13)19)23-16(25)15-5-2-11(9-20)10-22-15/h2-8,10H,1H3,(H2,21,24)(H,23,25)/t18-/m0/s1. The van der Waals surface area contributed by atoms with E-state index in [9.17, 15) is 9.18 Å². The molecule has 1 atom stereocenters. The number of pyridine rings is 1. The van der Waals surface area contributed by atoms with Crippen LogP contribution in [0, 0.1) is 17.1 Å². The number of benzene rings is 1. The first-order chi connectivity index (χ1) is 12.4. The highest BCUT2D eigenvalue weighted by Gasteiger charge is 2.29. The Morgan fingerprint density at radius 2 is 2.19 bits per heavy atom. The highest BCUT2D eigenvalue weighted by Crippen LogP contribution is 2.35. The molecule has 6 nitrogen and oxygen atoms in total. The van der Waals surface area contributed by atoms with Gasteiger partial charge in [-0.2, -0.15) is 5.26 Å². The fourth-order valence-electron chi connectivity index (χ4n) is 2.46. The summed E-state index contributed by atoms with van der Waals surface area (Å²) in [5.41, 5.74) is 6.01. The molecule has 2 heterocycles. The highest BCUT2D eigenvalue weighted by molar-refractivity contribution is 8.16. The van der Waals surface area contributed by atoms with Crippen LogP contribution in [0.5, 0.6) is 0 Å². The summed E-state index contributed by atoms with van der Waals surface area (Å²) in [6.45, 7) is 1.74. The Hall–Kier alpha value is -3.18. The van der Waals surface area contributed by atoms with Crippen molar-refractivity contribution in [1.29, 1.82) is 5.26 Å². The van der Waals surface area contributed by atoms with Gasteiger partial charge in [0.05, 0.1) is 5.56 Å². The lowest BCUT2D eigenvalue weighted by Gasteiger charge is -2.26. The van der Waals surface area contributed by atoms with Crippen molar-refractivity contribution < 1.29 is 9.18 Å². The van der Waals surface area contributed by atoms with E-state index in [0.29, 0.717) is 22.0 Å². The molecule has 26 heavy (non-hydrogen) atoms. The topological polar surface area (TPSA) is 104 Å². The molecule has 8 heteroatoms. The number of thioether (sulfide) groups is 1. The number of aromatic nitrogens is 1. The summed E-state index contributed by atoms with van der Waals surface area (Å²) in [7, 11) is 0. The summed E-state index contributed by atoms with van der Waals surface area (Å²) < 4.78 is 14.4. The maximum atomic E-state index is 14.4. The third-order valence-electron chi connectivity index (χ3n) is 3.82. The van der Waals surface area contributed by atoms with Gasteiger partial charge in [0.15, 0.2) is 5.17 Å². The van der Waals surface area contributed by atoms with Crippen LogP contribution in [-0.4, -0.2) is 16.1 Å². The first kappa shape index (κ1) is 17.6. The number of carbonyl (C=O) groups excluding carboxylic acids is 1. The Morgan fingerprint density at radius 1 is 1.38 bits per heavy atom. The van der Waals surface area contributed by atoms with Gasteiger partial charge in [-0.05, 0) is 48.7 Å². The van der Waals surface area contributed by atoms with Crippen LogP contribution in [0.4, 0.5) is 10.1 Å². The van der Waals surface area contributed by atoms with Crippen LogP contribution >= 0.6 is 11.8 Å². The molecule has 130 valence electrons. The average Bonchev–Trinajstić information content (AvgIpc) is 2.63. The lowest BCUT2D eigenvalue weighted by Crippen LogP contribution is -2.25. The molecule has 3 N–H and O–H groups in total. The molecule has 1 aromatic carbocycles. The Balaban J connectivity index is 1.88. The van der Waals surface area contributed by atoms with Crippen molar-refractivity contribution in [3.63, 3.8) is 0 Å². The van der Waals surface area contributed by atoms with E-state index in [4.69, 9.17) is 11.0 Å². The van der Waals surface area contributed by atoms with Crippen molar-refractivity contribution in [1.82, 2.24) is 4.98 Å². The molecule has 1 amide bonds. The number of halogens is 1. The van der Waals surface area contributed by atoms with Gasteiger partial charge in [0, 0.05) is 17.4 Å². The third-order valence-corrected chi connectivity index (χ3v) is 4.42. The van der Waals surface area contributed by atoms with Crippen molar-refractivity contribution in [2.45, 2.75) is 12.5 Å². The van der Waals surface area contributed by atoms with Crippen LogP contribution in [0.15, 0.2) is 53.0 Å². The fourth-order valence-corrected chi connectivity index (χ4v) is 3.17. The number of nitriles is 1. The molecular formula is C18H14FN5OS. The summed E-state index contributed by atoms with van der Waals surface area (Å²) in [4.78, 5) is 20.6. The van der Waals surface area contributed by atoms with Crippen LogP contribution in [0.1, 0.15) is 28.5 Å². The van der Waals surface area contributed by atoms with E-state index in [-0.39, 0.29) is 5.69 Å². The molecule has 0 saturated carbocycles. The number of nitrogens with one attached hydrogen (secondary N) is 1. The van der Waals surface area contributed by atoms with Gasteiger partial charge in [0.25, 0.3) is 5.91 Å². The van der Waals surface area contributed by atoms with E-state index in [1.54, 1.807) is 18.4 Å². The Labute approximate surface area is 153 Å². The SMILES string of the molecule is C[C@@]1(c2cc(NC(=O)c3ccc(C#N)cn3)ccc2F)C=CSC(N)=N1. The first-order valence-electron chi connectivity index (χ1n) is 7.58. The summed E-state index contributed by atoms with van der Waals surface area (Å²) in [6, 6.07) is 9.13. The summed E-state index contributed by atoms with van der Waals surface area (Å²) >= 11 is 1.26. The Morgan fingerprint density at radius 3 is 2.85 bits per heavy atom. The number of hydrogen-bond acceptors (Lipinski definition) is 6. The number of carbonyl (C=O) groups is 1. The predicted octanol–water partition coefficient (Wildman–Crippen LogP) is 3.14. The van der Waals surface area contributed by atoms with E-state index in [2.05, 4.69) is 15.3 Å². The molecule has 0 fully saturated rings. The van der Waals surface area contributed by atoms with Crippen molar-refractivity contribution in [3.05, 3.63) is 70.7 Å². The molecule has 1 aliphatic heterocycles. The van der Waals surface area contributed by atoms with Gasteiger partial charge in [-0.15, -0.1) is 0 Å². The maximum Gasteiger partial charge on any atom is 0.274 e. The first-order valence-corrected chi connectivity index (χ1v) is 8.46. The van der Waals surface area contributed by atoms with Gasteiger partial charge in [-0.3, -0.25) is 4.79 Å². The number of amidine groups is 1. The molecule has 1 aliphatic rings. The summed E-state index contributed by atoms with van der Waals surface area (Å²) in [5.74, 6) is -0.912. The molecule has 0 bridgehead atoms. The number of anilines is 1. The van der Waals surface area contributed by atoms with E-state index < -0.39 is 17.3 Å². The number of amides is 1. The fraction of sp³-hybridized carbons (Fsp3) is 0.111. The molecule has 0 spiro atoms. The van der Waals surface area contributed by atoms with Crippen LogP contribution in [0.2, 0.25) is 0 Å². The largest absolute Gasteiger partial charge is 0.378 e. The minimum atomic E-state index is -0.952. The van der Waals surface area contributed by atoms with Gasteiger partial charge in [0.2, 0.25) is 0 Å². The summed E-state index contributed by atoms with van der Waals surface area (Å²) in [5, 5.41) is 13.5. The monoisotopic (exact) mass is 367 g/mol. The second-order valence-electron chi connectivity index (χ2n) is 5.71. The molecule has 0 saturated heterocycles. The van der Waals surface area contributed by atoms with Crippen molar-refractivity contribution in [2.24, 2.45) is 10.7 Å². The molecule has 1 aromatic heterocycles. The van der Waals surface area contributed by atoms with E-state index in [0.717, 1.165) is 0 Å². The maximum absolute atomic E-state index is 14.4. The second kappa shape index (κ2) is 6.98. The van der Waals surface area contributed by atoms with Gasteiger partial charge in [0.1, 0.15) is 23.1 Å². The number of nitrogens with two attached hydrogens (primary N) is 1. The average molecular weight is 367 g/mol. The van der Waals surface area contributed by atoms with Gasteiger partial charge >= 0.3 is 0 Å². The van der Waals surface area contributed by atoms with Crippen LogP contribution in [0.3, 0.4) is 0 Å². The van der Waals surface area contributed by atoms with Crippen molar-refractivity contribution in [2.75, 3.05) is 5.32 Å². The van der Waals surface area contributed by atoms with E-state index in [1.165, 1.54) is 48.3 Å². The minimum absolute atomic E-state index is 0.150. The van der Waals surface area contributed by atoms with Crippen molar-refractivity contribution in [3.8, 4) is 6.07 Å². The van der Waals surface area contributed by atoms with Gasteiger partial charge in [-0.25, -0.2) is 14.4 Å². The molecule has 0 radical (unpaired) electrons. The van der Waals surface area contributed by atoms with Crippen molar-refractivity contribution >= 4 is 28.5 Å². The lowest BCUT2D eigenvalue weighted by molar-refractivity contribution is 0.102. The molecule has 0 aliphatic carbocycles. The Bertz CT molecular complexity index is 965. The normalized spacial score (nSPS) is 18.7. The van der Waals surface area contributed by atoms with E-state index in [1.807, 2.05) is 6.07 Å². The third kappa shape index (κ3) is 3.58. The smallest absolute Gasteiger partial charge is 0.274 e. The molecular weight excluding hydrogens is 353 g/mol. The van der Waals surface area contributed by atoms with Crippen LogP contribution in [0.25, 0.3) is 0 Å². The van der Waals surface area contributed by atoms with Gasteiger partial charge in [-0.1, -0.05) is 11.8 Å². The van der Waals surface area contributed by atoms with E-state index >= 15 is 0 Å². The number of hydrogen-bond donors (Lipinski definition) is 2. The number of aliphatic imine (C=N–C) groups is 1. The number of nitrogens with zero attached hydrogens (tertiary/aromatic N) is 3. The molecule has 0 unspecified atom stereocenters. The zero-order chi connectivity index (χ0) is 18.7. The quantitative estimate of drug-likeness (QED) is 0.867.